The minimum Gasteiger partial charge on any atom is -0.304 e. The predicted molar refractivity (Wildman–Crippen MR) is 87.3 cm³/mol. The van der Waals surface area contributed by atoms with Gasteiger partial charge in [0, 0.05) is 6.16 Å². The van der Waals surface area contributed by atoms with E-state index in [1.54, 1.807) is 32.0 Å². The number of benzene rings is 1. The Kier molecular flexibility index (Phi) is 4.09. The SMILES string of the molecule is CCP(N)(=O)C(C)(C(C)C)N1C(=O)c2ccc(C)cc2C1=O. The van der Waals surface area contributed by atoms with Gasteiger partial charge in [0.05, 0.1) is 11.1 Å². The minimum atomic E-state index is -3.23. The lowest BCUT2D eigenvalue weighted by Gasteiger charge is -2.44. The fourth-order valence-electron chi connectivity index (χ4n) is 2.95. The molecule has 0 fully saturated rings. The van der Waals surface area contributed by atoms with Gasteiger partial charge in [-0.2, -0.15) is 0 Å². The summed E-state index contributed by atoms with van der Waals surface area (Å²) >= 11 is 0. The lowest BCUT2D eigenvalue weighted by molar-refractivity contribution is 0.0498. The van der Waals surface area contributed by atoms with Gasteiger partial charge in [-0.3, -0.25) is 20.0 Å². The molecule has 0 aromatic heterocycles. The largest absolute Gasteiger partial charge is 0.304 e. The molecule has 1 aliphatic heterocycles. The summed E-state index contributed by atoms with van der Waals surface area (Å²) in [5.74, 6) is -1.03. The Morgan fingerprint density at radius 2 is 1.77 bits per heavy atom. The zero-order valence-electron chi connectivity index (χ0n) is 13.7. The van der Waals surface area contributed by atoms with Crippen molar-refractivity contribution in [1.82, 2.24) is 4.90 Å². The Hall–Kier alpha value is -1.45. The summed E-state index contributed by atoms with van der Waals surface area (Å²) < 4.78 is 13.0. The number of aryl methyl sites for hydroxylation is 1. The summed E-state index contributed by atoms with van der Waals surface area (Å²) in [6.07, 6.45) is 0.230. The molecule has 0 bridgehead atoms. The van der Waals surface area contributed by atoms with E-state index in [2.05, 4.69) is 0 Å². The van der Waals surface area contributed by atoms with Crippen LogP contribution in [0.5, 0.6) is 0 Å². The van der Waals surface area contributed by atoms with Crippen molar-refractivity contribution in [3.8, 4) is 0 Å². The number of hydrogen-bond acceptors (Lipinski definition) is 3. The molecule has 0 saturated heterocycles. The van der Waals surface area contributed by atoms with Crippen LogP contribution in [0.2, 0.25) is 0 Å². The molecule has 2 amide bonds. The van der Waals surface area contributed by atoms with E-state index in [4.69, 9.17) is 5.50 Å². The third kappa shape index (κ3) is 2.15. The predicted octanol–water partition coefficient (Wildman–Crippen LogP) is 3.22. The number of rotatable bonds is 4. The standard InChI is InChI=1S/C16H23N2O3P/c1-6-22(17,21)16(5,10(2)3)18-14(19)12-8-7-11(4)9-13(12)15(18)20/h7-10H,6H2,1-5H3,(H2,17,21). The van der Waals surface area contributed by atoms with Crippen molar-refractivity contribution in [3.05, 3.63) is 34.9 Å². The second-order valence-corrected chi connectivity index (χ2v) is 9.48. The summed E-state index contributed by atoms with van der Waals surface area (Å²) in [4.78, 5) is 26.7. The third-order valence-corrected chi connectivity index (χ3v) is 8.01. The fraction of sp³-hybridized carbons (Fsp3) is 0.500. The lowest BCUT2D eigenvalue weighted by atomic mass is 10.0. The van der Waals surface area contributed by atoms with Crippen molar-refractivity contribution in [2.75, 3.05) is 6.16 Å². The van der Waals surface area contributed by atoms with Crippen LogP contribution in [0, 0.1) is 12.8 Å². The quantitative estimate of drug-likeness (QED) is 0.682. The molecule has 0 saturated carbocycles. The fourth-order valence-corrected chi connectivity index (χ4v) is 4.98. The Morgan fingerprint density at radius 3 is 2.27 bits per heavy atom. The molecule has 2 N–H and O–H groups in total. The number of carbonyl (C=O) groups is 2. The van der Waals surface area contributed by atoms with Crippen LogP contribution in [0.1, 0.15) is 54.0 Å². The average Bonchev–Trinajstić information content (AvgIpc) is 2.69. The van der Waals surface area contributed by atoms with Crippen LogP contribution in [0.15, 0.2) is 18.2 Å². The van der Waals surface area contributed by atoms with E-state index in [1.807, 2.05) is 20.8 Å². The van der Waals surface area contributed by atoms with E-state index in [9.17, 15) is 14.2 Å². The minimum absolute atomic E-state index is 0.216. The molecule has 120 valence electrons. The van der Waals surface area contributed by atoms with Crippen molar-refractivity contribution < 1.29 is 14.2 Å². The maximum atomic E-state index is 13.0. The first kappa shape index (κ1) is 16.9. The number of nitrogens with zero attached hydrogens (tertiary/aromatic N) is 1. The number of fused-ring (bicyclic) bond motifs is 1. The van der Waals surface area contributed by atoms with E-state index in [1.165, 1.54) is 0 Å². The molecule has 1 heterocycles. The zero-order chi connectivity index (χ0) is 16.9. The van der Waals surface area contributed by atoms with Crippen molar-refractivity contribution in [2.45, 2.75) is 39.9 Å². The van der Waals surface area contributed by atoms with Gasteiger partial charge in [-0.1, -0.05) is 32.4 Å². The van der Waals surface area contributed by atoms with Crippen molar-refractivity contribution in [3.63, 3.8) is 0 Å². The summed E-state index contributed by atoms with van der Waals surface area (Å²) in [6.45, 7) is 8.93. The van der Waals surface area contributed by atoms with E-state index in [0.717, 1.165) is 10.5 Å². The molecule has 2 unspecified atom stereocenters. The van der Waals surface area contributed by atoms with Gasteiger partial charge < -0.3 is 4.57 Å². The first-order valence-corrected chi connectivity index (χ1v) is 9.41. The second kappa shape index (κ2) is 5.32. The van der Waals surface area contributed by atoms with Gasteiger partial charge in [0.25, 0.3) is 11.8 Å². The highest BCUT2D eigenvalue weighted by molar-refractivity contribution is 7.63. The summed E-state index contributed by atoms with van der Waals surface area (Å²) in [7, 11) is -3.23. The Balaban J connectivity index is 2.65. The number of nitrogens with two attached hydrogens (primary N) is 1. The van der Waals surface area contributed by atoms with Crippen LogP contribution < -0.4 is 5.50 Å². The molecule has 5 nitrogen and oxygen atoms in total. The van der Waals surface area contributed by atoms with Crippen LogP contribution in [-0.4, -0.2) is 28.2 Å². The monoisotopic (exact) mass is 322 g/mol. The summed E-state index contributed by atoms with van der Waals surface area (Å²) in [6, 6.07) is 5.14. The summed E-state index contributed by atoms with van der Waals surface area (Å²) in [5.41, 5.74) is 7.70. The summed E-state index contributed by atoms with van der Waals surface area (Å²) in [5, 5.41) is -1.19. The van der Waals surface area contributed by atoms with Gasteiger partial charge in [-0.05, 0) is 31.9 Å². The van der Waals surface area contributed by atoms with Crippen molar-refractivity contribution in [2.24, 2.45) is 11.4 Å². The van der Waals surface area contributed by atoms with Gasteiger partial charge in [0.2, 0.25) is 0 Å². The molecule has 1 aliphatic rings. The van der Waals surface area contributed by atoms with Crippen LogP contribution in [0.4, 0.5) is 0 Å². The number of carbonyl (C=O) groups excluding carboxylic acids is 2. The van der Waals surface area contributed by atoms with E-state index >= 15 is 0 Å². The van der Waals surface area contributed by atoms with E-state index in [-0.39, 0.29) is 12.1 Å². The van der Waals surface area contributed by atoms with Crippen LogP contribution >= 0.6 is 7.29 Å². The topological polar surface area (TPSA) is 80.5 Å². The molecule has 2 atom stereocenters. The van der Waals surface area contributed by atoms with Gasteiger partial charge >= 0.3 is 0 Å². The normalized spacial score (nSPS) is 20.0. The van der Waals surface area contributed by atoms with Gasteiger partial charge in [-0.15, -0.1) is 0 Å². The van der Waals surface area contributed by atoms with Gasteiger partial charge in [0.1, 0.15) is 5.28 Å². The maximum absolute atomic E-state index is 13.0. The van der Waals surface area contributed by atoms with Crippen LogP contribution in [0.3, 0.4) is 0 Å². The smallest absolute Gasteiger partial charge is 0.262 e. The first-order valence-electron chi connectivity index (χ1n) is 7.45. The molecule has 22 heavy (non-hydrogen) atoms. The highest BCUT2D eigenvalue weighted by atomic mass is 31.2. The van der Waals surface area contributed by atoms with Gasteiger partial charge in [0.15, 0.2) is 7.29 Å². The second-order valence-electron chi connectivity index (χ2n) is 6.36. The van der Waals surface area contributed by atoms with Crippen LogP contribution in [-0.2, 0) is 4.57 Å². The van der Waals surface area contributed by atoms with Gasteiger partial charge in [-0.25, -0.2) is 0 Å². The van der Waals surface area contributed by atoms with E-state index in [0.29, 0.717) is 11.1 Å². The lowest BCUT2D eigenvalue weighted by Crippen LogP contribution is -2.54. The average molecular weight is 322 g/mol. The number of hydrogen-bond donors (Lipinski definition) is 1. The Labute approximate surface area is 131 Å². The molecular weight excluding hydrogens is 299 g/mol. The highest BCUT2D eigenvalue weighted by Crippen LogP contribution is 2.57. The first-order chi connectivity index (χ1) is 10.1. The molecule has 0 radical (unpaired) electrons. The van der Waals surface area contributed by atoms with Crippen molar-refractivity contribution in [1.29, 1.82) is 0 Å². The molecule has 2 rings (SSSR count). The maximum Gasteiger partial charge on any atom is 0.262 e. The molecule has 0 aliphatic carbocycles. The molecule has 6 heteroatoms. The highest BCUT2D eigenvalue weighted by Gasteiger charge is 2.55. The number of imide groups is 1. The molecule has 1 aromatic rings. The van der Waals surface area contributed by atoms with Crippen LogP contribution in [0.25, 0.3) is 0 Å². The number of amides is 2. The van der Waals surface area contributed by atoms with E-state index < -0.39 is 24.4 Å². The van der Waals surface area contributed by atoms with Crippen molar-refractivity contribution >= 4 is 19.1 Å². The zero-order valence-corrected chi connectivity index (χ0v) is 14.6. The molecule has 1 aromatic carbocycles. The molecule has 0 spiro atoms. The Bertz CT molecular complexity index is 699. The molecular formula is C16H23N2O3P. The Morgan fingerprint density at radius 1 is 1.23 bits per heavy atom. The third-order valence-electron chi connectivity index (χ3n) is 4.82.